The number of benzene rings is 2. The molecule has 0 aliphatic rings. The second-order valence-corrected chi connectivity index (χ2v) is 4.97. The summed E-state index contributed by atoms with van der Waals surface area (Å²) in [5.74, 6) is 1.92. The zero-order chi connectivity index (χ0) is 17.5. The Morgan fingerprint density at radius 1 is 0.875 bits per heavy atom. The van der Waals surface area contributed by atoms with Gasteiger partial charge in [-0.1, -0.05) is 12.1 Å². The maximum atomic E-state index is 12.3. The van der Waals surface area contributed by atoms with Crippen molar-refractivity contribution in [2.75, 3.05) is 26.6 Å². The normalized spacial score (nSPS) is 11.3. The first-order valence-corrected chi connectivity index (χ1v) is 7.41. The Hall–Kier alpha value is -2.89. The van der Waals surface area contributed by atoms with Crippen LogP contribution in [0.15, 0.2) is 42.5 Å². The van der Waals surface area contributed by atoms with Crippen molar-refractivity contribution >= 4 is 11.6 Å². The molecule has 0 bridgehead atoms. The SMILES string of the molecule is COc1ccc(NC(=O)[C@H](C)Oc2ccccc2OC)cc1OC. The largest absolute Gasteiger partial charge is 0.493 e. The molecule has 0 fully saturated rings. The molecule has 0 aliphatic carbocycles. The summed E-state index contributed by atoms with van der Waals surface area (Å²) < 4.78 is 21.3. The topological polar surface area (TPSA) is 66.0 Å². The second kappa shape index (κ2) is 8.10. The van der Waals surface area contributed by atoms with Gasteiger partial charge in [-0.05, 0) is 31.2 Å². The van der Waals surface area contributed by atoms with Crippen molar-refractivity contribution in [3.05, 3.63) is 42.5 Å². The first kappa shape index (κ1) is 17.5. The molecule has 0 saturated heterocycles. The number of para-hydroxylation sites is 2. The maximum Gasteiger partial charge on any atom is 0.265 e. The molecule has 24 heavy (non-hydrogen) atoms. The molecule has 0 aliphatic heterocycles. The molecule has 1 N–H and O–H groups in total. The molecular formula is C18H21NO5. The Morgan fingerprint density at radius 3 is 2.08 bits per heavy atom. The standard InChI is InChI=1S/C18H21NO5/c1-12(24-16-8-6-5-7-14(16)21-2)18(20)19-13-9-10-15(22-3)17(11-13)23-4/h5-12H,1-4H3,(H,19,20)/t12-/m0/s1. The monoisotopic (exact) mass is 331 g/mol. The molecule has 0 radical (unpaired) electrons. The average Bonchev–Trinajstić information content (AvgIpc) is 2.61. The molecule has 6 nitrogen and oxygen atoms in total. The highest BCUT2D eigenvalue weighted by Crippen LogP contribution is 2.30. The van der Waals surface area contributed by atoms with Crippen LogP contribution < -0.4 is 24.3 Å². The van der Waals surface area contributed by atoms with Crippen LogP contribution in [0, 0.1) is 0 Å². The maximum absolute atomic E-state index is 12.3. The summed E-state index contributed by atoms with van der Waals surface area (Å²) in [4.78, 5) is 12.3. The lowest BCUT2D eigenvalue weighted by molar-refractivity contribution is -0.122. The Labute approximate surface area is 141 Å². The number of anilines is 1. The van der Waals surface area contributed by atoms with Gasteiger partial charge in [0.05, 0.1) is 21.3 Å². The van der Waals surface area contributed by atoms with Gasteiger partial charge in [-0.25, -0.2) is 0 Å². The van der Waals surface area contributed by atoms with Crippen LogP contribution in [0.3, 0.4) is 0 Å². The van der Waals surface area contributed by atoms with Gasteiger partial charge in [0.2, 0.25) is 0 Å². The fourth-order valence-electron chi connectivity index (χ4n) is 2.12. The minimum Gasteiger partial charge on any atom is -0.493 e. The van der Waals surface area contributed by atoms with Crippen molar-refractivity contribution in [2.24, 2.45) is 0 Å². The Kier molecular flexibility index (Phi) is 5.89. The van der Waals surface area contributed by atoms with Crippen molar-refractivity contribution in [2.45, 2.75) is 13.0 Å². The van der Waals surface area contributed by atoms with Crippen molar-refractivity contribution in [3.8, 4) is 23.0 Å². The Bertz CT molecular complexity index is 702. The van der Waals surface area contributed by atoms with Gasteiger partial charge in [0.25, 0.3) is 5.91 Å². The third-order valence-electron chi connectivity index (χ3n) is 3.39. The predicted molar refractivity (Wildman–Crippen MR) is 91.3 cm³/mol. The number of carbonyl (C=O) groups excluding carboxylic acids is 1. The molecule has 0 unspecified atom stereocenters. The second-order valence-electron chi connectivity index (χ2n) is 4.97. The molecule has 2 aromatic carbocycles. The molecule has 2 rings (SSSR count). The van der Waals surface area contributed by atoms with E-state index in [1.54, 1.807) is 51.5 Å². The number of methoxy groups -OCH3 is 3. The average molecular weight is 331 g/mol. The fourth-order valence-corrected chi connectivity index (χ4v) is 2.12. The van der Waals surface area contributed by atoms with Crippen LogP contribution in [0.25, 0.3) is 0 Å². The molecular weight excluding hydrogens is 310 g/mol. The van der Waals surface area contributed by atoms with Crippen LogP contribution in [-0.2, 0) is 4.79 Å². The quantitative estimate of drug-likeness (QED) is 0.844. The molecule has 0 saturated carbocycles. The predicted octanol–water partition coefficient (Wildman–Crippen LogP) is 3.12. The van der Waals surface area contributed by atoms with E-state index in [0.29, 0.717) is 28.7 Å². The molecule has 1 amide bonds. The van der Waals surface area contributed by atoms with E-state index in [9.17, 15) is 4.79 Å². The van der Waals surface area contributed by atoms with Crippen molar-refractivity contribution in [1.29, 1.82) is 0 Å². The van der Waals surface area contributed by atoms with E-state index in [2.05, 4.69) is 5.32 Å². The lowest BCUT2D eigenvalue weighted by Gasteiger charge is -2.17. The van der Waals surface area contributed by atoms with E-state index < -0.39 is 6.10 Å². The Morgan fingerprint density at radius 2 is 1.46 bits per heavy atom. The number of hydrogen-bond donors (Lipinski definition) is 1. The summed E-state index contributed by atoms with van der Waals surface area (Å²) in [6.07, 6.45) is -0.700. The van der Waals surface area contributed by atoms with Crippen LogP contribution in [0.4, 0.5) is 5.69 Å². The van der Waals surface area contributed by atoms with E-state index >= 15 is 0 Å². The number of rotatable bonds is 7. The summed E-state index contributed by atoms with van der Waals surface area (Å²) >= 11 is 0. The van der Waals surface area contributed by atoms with E-state index in [-0.39, 0.29) is 5.91 Å². The van der Waals surface area contributed by atoms with E-state index in [1.165, 1.54) is 7.11 Å². The zero-order valence-corrected chi connectivity index (χ0v) is 14.2. The van der Waals surface area contributed by atoms with Gasteiger partial charge in [-0.3, -0.25) is 4.79 Å². The molecule has 1 atom stereocenters. The van der Waals surface area contributed by atoms with Crippen LogP contribution in [0.5, 0.6) is 23.0 Å². The Balaban J connectivity index is 2.06. The number of nitrogens with one attached hydrogen (secondary N) is 1. The zero-order valence-electron chi connectivity index (χ0n) is 14.2. The van der Waals surface area contributed by atoms with Gasteiger partial charge in [0, 0.05) is 11.8 Å². The summed E-state index contributed by atoms with van der Waals surface area (Å²) in [5.41, 5.74) is 0.591. The fraction of sp³-hybridized carbons (Fsp3) is 0.278. The highest BCUT2D eigenvalue weighted by Gasteiger charge is 2.17. The number of carbonyl (C=O) groups is 1. The molecule has 0 heterocycles. The summed E-state index contributed by atoms with van der Waals surface area (Å²) in [6.45, 7) is 1.67. The van der Waals surface area contributed by atoms with Crippen LogP contribution >= 0.6 is 0 Å². The van der Waals surface area contributed by atoms with Crippen molar-refractivity contribution < 1.29 is 23.7 Å². The lowest BCUT2D eigenvalue weighted by Crippen LogP contribution is -2.30. The summed E-state index contributed by atoms with van der Waals surface area (Å²) in [6, 6.07) is 12.3. The minimum absolute atomic E-state index is 0.284. The van der Waals surface area contributed by atoms with Gasteiger partial charge >= 0.3 is 0 Å². The van der Waals surface area contributed by atoms with Crippen molar-refractivity contribution in [3.63, 3.8) is 0 Å². The van der Waals surface area contributed by atoms with Crippen molar-refractivity contribution in [1.82, 2.24) is 0 Å². The van der Waals surface area contributed by atoms with Gasteiger partial charge in [-0.15, -0.1) is 0 Å². The summed E-state index contributed by atoms with van der Waals surface area (Å²) in [5, 5.41) is 2.79. The lowest BCUT2D eigenvalue weighted by atomic mass is 10.2. The molecule has 128 valence electrons. The molecule has 2 aromatic rings. The van der Waals surface area contributed by atoms with Gasteiger partial charge < -0.3 is 24.3 Å². The molecule has 0 spiro atoms. The summed E-state index contributed by atoms with van der Waals surface area (Å²) in [7, 11) is 4.65. The molecule has 0 aromatic heterocycles. The smallest absolute Gasteiger partial charge is 0.265 e. The minimum atomic E-state index is -0.700. The van der Waals surface area contributed by atoms with Crippen LogP contribution in [-0.4, -0.2) is 33.3 Å². The van der Waals surface area contributed by atoms with E-state index in [4.69, 9.17) is 18.9 Å². The van der Waals surface area contributed by atoms with Crippen LogP contribution in [0.1, 0.15) is 6.92 Å². The number of amides is 1. The van der Waals surface area contributed by atoms with E-state index in [0.717, 1.165) is 0 Å². The third kappa shape index (κ3) is 4.10. The first-order chi connectivity index (χ1) is 11.6. The number of ether oxygens (including phenoxy) is 4. The highest BCUT2D eigenvalue weighted by atomic mass is 16.5. The first-order valence-electron chi connectivity index (χ1n) is 7.41. The van der Waals surface area contributed by atoms with Gasteiger partial charge in [0.1, 0.15) is 0 Å². The number of hydrogen-bond acceptors (Lipinski definition) is 5. The van der Waals surface area contributed by atoms with Gasteiger partial charge in [-0.2, -0.15) is 0 Å². The van der Waals surface area contributed by atoms with E-state index in [1.807, 2.05) is 12.1 Å². The van der Waals surface area contributed by atoms with Crippen LogP contribution in [0.2, 0.25) is 0 Å². The highest BCUT2D eigenvalue weighted by molar-refractivity contribution is 5.94. The third-order valence-corrected chi connectivity index (χ3v) is 3.39. The van der Waals surface area contributed by atoms with Gasteiger partial charge in [0.15, 0.2) is 29.1 Å². The molecule has 6 heteroatoms.